The maximum Gasteiger partial charge on any atom is 0.327 e. The van der Waals surface area contributed by atoms with E-state index in [9.17, 15) is 9.59 Å². The van der Waals surface area contributed by atoms with Gasteiger partial charge in [-0.05, 0) is 34.7 Å². The van der Waals surface area contributed by atoms with Crippen molar-refractivity contribution in [3.63, 3.8) is 0 Å². The van der Waals surface area contributed by atoms with Crippen molar-refractivity contribution >= 4 is 27.6 Å². The molecule has 8 heteroatoms. The summed E-state index contributed by atoms with van der Waals surface area (Å²) in [5, 5.41) is 16.0. The highest BCUT2D eigenvalue weighted by atomic mass is 79.9. The molecule has 1 heterocycles. The van der Waals surface area contributed by atoms with Crippen molar-refractivity contribution in [1.82, 2.24) is 9.78 Å². The van der Waals surface area contributed by atoms with Gasteiger partial charge in [0.15, 0.2) is 0 Å². The molecule has 0 bridgehead atoms. The van der Waals surface area contributed by atoms with Crippen LogP contribution in [0.4, 0.5) is 5.69 Å². The molecule has 0 radical (unpaired) electrons. The summed E-state index contributed by atoms with van der Waals surface area (Å²) in [6.07, 6.45) is 3.26. The first-order valence-electron chi connectivity index (χ1n) is 6.66. The number of hydrogen-bond acceptors (Lipinski definition) is 6. The number of halogens is 1. The molecule has 118 valence electrons. The number of nitrogens with one attached hydrogen (secondary N) is 1. The molecule has 1 aromatic heterocycles. The Labute approximate surface area is 131 Å². The number of methoxy groups -OCH3 is 1. The third-order valence-electron chi connectivity index (χ3n) is 2.99. The maximum atomic E-state index is 12.0. The van der Waals surface area contributed by atoms with Crippen LogP contribution in [0.3, 0.4) is 0 Å². The van der Waals surface area contributed by atoms with Crippen molar-refractivity contribution in [2.24, 2.45) is 5.92 Å². The van der Waals surface area contributed by atoms with Gasteiger partial charge in [0.2, 0.25) is 0 Å². The number of esters is 1. The van der Waals surface area contributed by atoms with Gasteiger partial charge in [-0.25, -0.2) is 4.68 Å². The van der Waals surface area contributed by atoms with Crippen LogP contribution in [0.1, 0.15) is 19.8 Å². The number of hydrogen-bond donors (Lipinski definition) is 2. The van der Waals surface area contributed by atoms with Crippen molar-refractivity contribution in [2.75, 3.05) is 25.6 Å². The lowest BCUT2D eigenvalue weighted by molar-refractivity contribution is -0.141. The third kappa shape index (κ3) is 5.47. The summed E-state index contributed by atoms with van der Waals surface area (Å²) in [5.41, 5.74) is 0.187. The van der Waals surface area contributed by atoms with Crippen LogP contribution in [-0.2, 0) is 16.1 Å². The van der Waals surface area contributed by atoms with Gasteiger partial charge in [0.05, 0.1) is 19.0 Å². The van der Waals surface area contributed by atoms with Crippen LogP contribution >= 0.6 is 15.9 Å². The number of aliphatic hydroxyl groups excluding tert-OH is 1. The summed E-state index contributed by atoms with van der Waals surface area (Å²) >= 11 is 3.21. The number of aliphatic hydroxyl groups is 1. The van der Waals surface area contributed by atoms with Crippen LogP contribution in [0.5, 0.6) is 0 Å². The molecule has 0 aromatic carbocycles. The number of aromatic nitrogens is 2. The molecule has 0 aliphatic heterocycles. The van der Waals surface area contributed by atoms with Gasteiger partial charge in [-0.2, -0.15) is 5.10 Å². The predicted molar refractivity (Wildman–Crippen MR) is 82.2 cm³/mol. The van der Waals surface area contributed by atoms with E-state index >= 15 is 0 Å². The Morgan fingerprint density at radius 3 is 2.95 bits per heavy atom. The number of carbonyl (C=O) groups is 1. The minimum atomic E-state index is -0.532. The van der Waals surface area contributed by atoms with Crippen LogP contribution in [0.2, 0.25) is 0 Å². The lowest BCUT2D eigenvalue weighted by Gasteiger charge is -2.11. The van der Waals surface area contributed by atoms with Gasteiger partial charge in [-0.15, -0.1) is 0 Å². The molecule has 1 rings (SSSR count). The zero-order chi connectivity index (χ0) is 15.8. The minimum Gasteiger partial charge on any atom is -0.468 e. The first-order chi connectivity index (χ1) is 9.99. The predicted octanol–water partition coefficient (Wildman–Crippen LogP) is 0.999. The van der Waals surface area contributed by atoms with Gasteiger partial charge in [-0.3, -0.25) is 9.59 Å². The van der Waals surface area contributed by atoms with Gasteiger partial charge >= 0.3 is 5.97 Å². The minimum absolute atomic E-state index is 0.175. The van der Waals surface area contributed by atoms with Gasteiger partial charge in [0.1, 0.15) is 11.0 Å². The standard InChI is InChI=1S/C13H20BrN3O4/c1-9(8-18)4-3-5-15-10-6-16-17(7-11(19)21-2)13(20)12(10)14/h6,9,15,18H,3-5,7-8H2,1-2H3. The van der Waals surface area contributed by atoms with E-state index in [1.165, 1.54) is 13.3 Å². The Balaban J connectivity index is 2.63. The van der Waals surface area contributed by atoms with Gasteiger partial charge in [0.25, 0.3) is 5.56 Å². The highest BCUT2D eigenvalue weighted by molar-refractivity contribution is 9.10. The average molecular weight is 362 g/mol. The van der Waals surface area contributed by atoms with Crippen LogP contribution in [0.25, 0.3) is 0 Å². The van der Waals surface area contributed by atoms with Crippen molar-refractivity contribution in [3.8, 4) is 0 Å². The average Bonchev–Trinajstić information content (AvgIpc) is 2.49. The Bertz CT molecular complexity index is 533. The zero-order valence-electron chi connectivity index (χ0n) is 12.1. The van der Waals surface area contributed by atoms with Crippen LogP contribution < -0.4 is 10.9 Å². The lowest BCUT2D eigenvalue weighted by Crippen LogP contribution is -2.28. The molecular formula is C13H20BrN3O4. The molecule has 0 fully saturated rings. The second kappa shape index (κ2) is 8.78. The monoisotopic (exact) mass is 361 g/mol. The fourth-order valence-corrected chi connectivity index (χ4v) is 2.10. The highest BCUT2D eigenvalue weighted by Crippen LogP contribution is 2.16. The van der Waals surface area contributed by atoms with E-state index in [0.29, 0.717) is 16.7 Å². The fraction of sp³-hybridized carbons (Fsp3) is 0.615. The van der Waals surface area contributed by atoms with Gasteiger partial charge in [0, 0.05) is 13.2 Å². The van der Waals surface area contributed by atoms with Crippen molar-refractivity contribution in [2.45, 2.75) is 26.3 Å². The van der Waals surface area contributed by atoms with Crippen molar-refractivity contribution < 1.29 is 14.6 Å². The second-order valence-corrected chi connectivity index (χ2v) is 5.56. The summed E-state index contributed by atoms with van der Waals surface area (Å²) in [6, 6.07) is 0. The molecule has 2 N–H and O–H groups in total. The molecule has 0 aliphatic rings. The number of ether oxygens (including phenoxy) is 1. The molecule has 7 nitrogen and oxygen atoms in total. The Kier molecular flexibility index (Phi) is 7.38. The molecule has 1 unspecified atom stereocenters. The van der Waals surface area contributed by atoms with E-state index in [-0.39, 0.29) is 19.1 Å². The summed E-state index contributed by atoms with van der Waals surface area (Å²) in [4.78, 5) is 23.2. The second-order valence-electron chi connectivity index (χ2n) is 4.77. The first-order valence-corrected chi connectivity index (χ1v) is 7.46. The summed E-state index contributed by atoms with van der Waals surface area (Å²) in [7, 11) is 1.26. The summed E-state index contributed by atoms with van der Waals surface area (Å²) in [6.45, 7) is 2.60. The van der Waals surface area contributed by atoms with Crippen molar-refractivity contribution in [1.29, 1.82) is 0 Å². The molecule has 0 aliphatic carbocycles. The molecule has 0 spiro atoms. The van der Waals surface area contributed by atoms with Crippen LogP contribution in [0.15, 0.2) is 15.5 Å². The van der Waals surface area contributed by atoms with E-state index in [1.54, 1.807) is 0 Å². The smallest absolute Gasteiger partial charge is 0.327 e. The summed E-state index contributed by atoms with van der Waals surface area (Å²) in [5.74, 6) is -0.267. The van der Waals surface area contributed by atoms with Gasteiger partial charge in [-0.1, -0.05) is 6.92 Å². The Morgan fingerprint density at radius 2 is 2.33 bits per heavy atom. The quantitative estimate of drug-likeness (QED) is 0.529. The maximum absolute atomic E-state index is 12.0. The SMILES string of the molecule is COC(=O)Cn1ncc(NCCCC(C)CO)c(Br)c1=O. The fourth-order valence-electron chi connectivity index (χ4n) is 1.65. The Morgan fingerprint density at radius 1 is 1.62 bits per heavy atom. The molecule has 21 heavy (non-hydrogen) atoms. The molecular weight excluding hydrogens is 342 g/mol. The normalized spacial score (nSPS) is 12.0. The van der Waals surface area contributed by atoms with E-state index in [1.807, 2.05) is 6.92 Å². The van der Waals surface area contributed by atoms with Crippen molar-refractivity contribution in [3.05, 3.63) is 21.0 Å². The van der Waals surface area contributed by atoms with E-state index < -0.39 is 11.5 Å². The molecule has 1 atom stereocenters. The zero-order valence-corrected chi connectivity index (χ0v) is 13.7. The van der Waals surface area contributed by atoms with Gasteiger partial charge < -0.3 is 15.2 Å². The third-order valence-corrected chi connectivity index (χ3v) is 3.76. The molecule has 0 amide bonds. The summed E-state index contributed by atoms with van der Waals surface area (Å²) < 4.78 is 5.87. The van der Waals surface area contributed by atoms with E-state index in [0.717, 1.165) is 17.5 Å². The molecule has 1 aromatic rings. The number of rotatable bonds is 8. The first kappa shape index (κ1) is 17.6. The van der Waals surface area contributed by atoms with E-state index in [2.05, 4.69) is 31.1 Å². The Hall–Kier alpha value is -1.41. The number of nitrogens with zero attached hydrogens (tertiary/aromatic N) is 2. The number of carbonyl (C=O) groups excluding carboxylic acids is 1. The van der Waals surface area contributed by atoms with Crippen LogP contribution in [-0.4, -0.2) is 41.1 Å². The number of anilines is 1. The highest BCUT2D eigenvalue weighted by Gasteiger charge is 2.11. The largest absolute Gasteiger partial charge is 0.468 e. The molecule has 0 saturated carbocycles. The lowest BCUT2D eigenvalue weighted by atomic mass is 10.1. The topological polar surface area (TPSA) is 93.5 Å². The van der Waals surface area contributed by atoms with E-state index in [4.69, 9.17) is 5.11 Å². The van der Waals surface area contributed by atoms with Crippen LogP contribution in [0, 0.1) is 5.92 Å². The molecule has 0 saturated heterocycles.